The first-order valence-electron chi connectivity index (χ1n) is 12.4. The number of piperidine rings is 2. The Balaban J connectivity index is 1.20. The molecule has 0 unspecified atom stereocenters. The van der Waals surface area contributed by atoms with Crippen molar-refractivity contribution in [2.24, 2.45) is 5.92 Å². The van der Waals surface area contributed by atoms with Crippen LogP contribution in [0, 0.1) is 11.7 Å². The highest BCUT2D eigenvalue weighted by Crippen LogP contribution is 2.27. The number of hydrogen-bond acceptors (Lipinski definition) is 4. The summed E-state index contributed by atoms with van der Waals surface area (Å²) in [4.78, 5) is 33.8. The topological polar surface area (TPSA) is 47.1 Å². The number of nitrogens with zero attached hydrogens (tertiary/aromatic N) is 4. The van der Waals surface area contributed by atoms with Crippen LogP contribution >= 0.6 is 0 Å². The summed E-state index contributed by atoms with van der Waals surface area (Å²) in [6.07, 6.45) is 5.51. The van der Waals surface area contributed by atoms with Crippen LogP contribution in [0.1, 0.15) is 45.4 Å². The number of halogens is 1. The van der Waals surface area contributed by atoms with Gasteiger partial charge in [-0.1, -0.05) is 19.1 Å². The van der Waals surface area contributed by atoms with Gasteiger partial charge in [0.1, 0.15) is 5.82 Å². The lowest BCUT2D eigenvalue weighted by Gasteiger charge is -2.43. The molecule has 176 valence electrons. The third-order valence-electron chi connectivity index (χ3n) is 7.46. The van der Waals surface area contributed by atoms with Gasteiger partial charge in [-0.2, -0.15) is 0 Å². The predicted octanol–water partition coefficient (Wildman–Crippen LogP) is 2.98. The maximum absolute atomic E-state index is 14.1. The molecule has 7 heteroatoms. The van der Waals surface area contributed by atoms with Gasteiger partial charge in [-0.25, -0.2) is 4.39 Å². The maximum atomic E-state index is 14.1. The molecular weight excluding hydrogens is 407 g/mol. The van der Waals surface area contributed by atoms with Gasteiger partial charge in [0.25, 0.3) is 0 Å². The van der Waals surface area contributed by atoms with Crippen LogP contribution in [0.4, 0.5) is 10.1 Å². The number of amides is 2. The lowest BCUT2D eigenvalue weighted by molar-refractivity contribution is -0.138. The molecule has 3 heterocycles. The van der Waals surface area contributed by atoms with E-state index in [-0.39, 0.29) is 17.6 Å². The van der Waals surface area contributed by atoms with E-state index in [1.165, 1.54) is 6.07 Å². The number of hydrogen-bond donors (Lipinski definition) is 0. The summed E-state index contributed by atoms with van der Waals surface area (Å²) in [7, 11) is 0. The molecule has 0 radical (unpaired) electrons. The standard InChI is InChI=1S/C25H37FN4O2/c1-2-5-24(31)29-14-10-21(11-15-29)27-12-8-20(9-13-27)25(32)30-18-16-28(17-19-30)23-7-4-3-6-22(23)26/h3-4,6-7,20-21H,2,5,8-19H2,1H3. The fourth-order valence-corrected chi connectivity index (χ4v) is 5.50. The van der Waals surface area contributed by atoms with E-state index in [1.807, 2.05) is 26.8 Å². The average Bonchev–Trinajstić information content (AvgIpc) is 2.84. The number of para-hydroxylation sites is 1. The van der Waals surface area contributed by atoms with Gasteiger partial charge in [0.05, 0.1) is 5.69 Å². The van der Waals surface area contributed by atoms with E-state index in [0.29, 0.717) is 50.2 Å². The van der Waals surface area contributed by atoms with Crippen LogP contribution in [0.25, 0.3) is 0 Å². The number of carbonyl (C=O) groups is 2. The van der Waals surface area contributed by atoms with Gasteiger partial charge in [0.2, 0.25) is 11.8 Å². The molecule has 0 N–H and O–H groups in total. The highest BCUT2D eigenvalue weighted by atomic mass is 19.1. The molecule has 0 spiro atoms. The summed E-state index contributed by atoms with van der Waals surface area (Å²) < 4.78 is 14.1. The summed E-state index contributed by atoms with van der Waals surface area (Å²) in [6, 6.07) is 7.41. The van der Waals surface area contributed by atoms with E-state index >= 15 is 0 Å². The van der Waals surface area contributed by atoms with Crippen molar-refractivity contribution in [3.05, 3.63) is 30.1 Å². The van der Waals surface area contributed by atoms with E-state index in [2.05, 4.69) is 11.8 Å². The number of benzene rings is 1. The van der Waals surface area contributed by atoms with Crippen molar-refractivity contribution >= 4 is 17.5 Å². The van der Waals surface area contributed by atoms with Gasteiger partial charge in [-0.15, -0.1) is 0 Å². The zero-order chi connectivity index (χ0) is 22.5. The van der Waals surface area contributed by atoms with Crippen molar-refractivity contribution in [3.8, 4) is 0 Å². The minimum Gasteiger partial charge on any atom is -0.366 e. The van der Waals surface area contributed by atoms with Crippen LogP contribution in [0.15, 0.2) is 24.3 Å². The first-order valence-corrected chi connectivity index (χ1v) is 12.4. The number of likely N-dealkylation sites (tertiary alicyclic amines) is 2. The van der Waals surface area contributed by atoms with Crippen LogP contribution in [0.3, 0.4) is 0 Å². The molecule has 0 atom stereocenters. The highest BCUT2D eigenvalue weighted by Gasteiger charge is 2.34. The summed E-state index contributed by atoms with van der Waals surface area (Å²) in [5, 5.41) is 0. The number of anilines is 1. The summed E-state index contributed by atoms with van der Waals surface area (Å²) in [6.45, 7) is 8.43. The van der Waals surface area contributed by atoms with Crippen molar-refractivity contribution in [3.63, 3.8) is 0 Å². The predicted molar refractivity (Wildman–Crippen MR) is 124 cm³/mol. The summed E-state index contributed by atoms with van der Waals surface area (Å²) in [5.41, 5.74) is 0.635. The van der Waals surface area contributed by atoms with Crippen molar-refractivity contribution in [2.75, 3.05) is 57.3 Å². The number of rotatable bonds is 5. The first kappa shape index (κ1) is 23.0. The van der Waals surface area contributed by atoms with E-state index in [0.717, 1.165) is 58.3 Å². The third-order valence-corrected chi connectivity index (χ3v) is 7.46. The van der Waals surface area contributed by atoms with Gasteiger partial charge < -0.3 is 19.6 Å². The van der Waals surface area contributed by atoms with Crippen LogP contribution in [0.2, 0.25) is 0 Å². The minimum absolute atomic E-state index is 0.109. The first-order chi connectivity index (χ1) is 15.6. The fraction of sp³-hybridized carbons (Fsp3) is 0.680. The van der Waals surface area contributed by atoms with Gasteiger partial charge >= 0.3 is 0 Å². The Morgan fingerprint density at radius 2 is 1.53 bits per heavy atom. The van der Waals surface area contributed by atoms with E-state index in [1.54, 1.807) is 6.07 Å². The smallest absolute Gasteiger partial charge is 0.225 e. The molecule has 3 fully saturated rings. The second-order valence-electron chi connectivity index (χ2n) is 9.44. The van der Waals surface area contributed by atoms with Crippen molar-refractivity contribution < 1.29 is 14.0 Å². The molecule has 0 aromatic heterocycles. The molecule has 0 aliphatic carbocycles. The quantitative estimate of drug-likeness (QED) is 0.701. The Morgan fingerprint density at radius 1 is 0.875 bits per heavy atom. The normalized spacial score (nSPS) is 21.8. The molecule has 6 nitrogen and oxygen atoms in total. The molecule has 32 heavy (non-hydrogen) atoms. The van der Waals surface area contributed by atoms with E-state index < -0.39 is 0 Å². The van der Waals surface area contributed by atoms with Gasteiger partial charge in [-0.3, -0.25) is 9.59 Å². The van der Waals surface area contributed by atoms with Crippen molar-refractivity contribution in [1.29, 1.82) is 0 Å². The molecule has 3 saturated heterocycles. The minimum atomic E-state index is -0.194. The molecule has 3 aliphatic rings. The van der Waals surface area contributed by atoms with Crippen LogP contribution in [0.5, 0.6) is 0 Å². The van der Waals surface area contributed by atoms with E-state index in [4.69, 9.17) is 0 Å². The zero-order valence-corrected chi connectivity index (χ0v) is 19.3. The number of carbonyl (C=O) groups excluding carboxylic acids is 2. The highest BCUT2D eigenvalue weighted by molar-refractivity contribution is 5.79. The van der Waals surface area contributed by atoms with Gasteiger partial charge in [0, 0.05) is 57.6 Å². The van der Waals surface area contributed by atoms with Crippen molar-refractivity contribution in [2.45, 2.75) is 51.5 Å². The number of piperazine rings is 1. The van der Waals surface area contributed by atoms with Crippen molar-refractivity contribution in [1.82, 2.24) is 14.7 Å². The van der Waals surface area contributed by atoms with Crippen LogP contribution < -0.4 is 4.90 Å². The zero-order valence-electron chi connectivity index (χ0n) is 19.3. The second-order valence-corrected chi connectivity index (χ2v) is 9.44. The largest absolute Gasteiger partial charge is 0.366 e. The molecule has 3 aliphatic heterocycles. The summed E-state index contributed by atoms with van der Waals surface area (Å²) in [5.74, 6) is 0.487. The summed E-state index contributed by atoms with van der Waals surface area (Å²) >= 11 is 0. The Morgan fingerprint density at radius 3 is 2.16 bits per heavy atom. The molecular formula is C25H37FN4O2. The molecule has 0 bridgehead atoms. The van der Waals surface area contributed by atoms with Crippen LogP contribution in [-0.4, -0.2) is 84.9 Å². The Hall–Kier alpha value is -2.15. The molecule has 4 rings (SSSR count). The second kappa shape index (κ2) is 10.6. The average molecular weight is 445 g/mol. The maximum Gasteiger partial charge on any atom is 0.225 e. The monoisotopic (exact) mass is 444 g/mol. The van der Waals surface area contributed by atoms with Gasteiger partial charge in [-0.05, 0) is 57.3 Å². The lowest BCUT2D eigenvalue weighted by Crippen LogP contribution is -2.53. The molecule has 1 aromatic carbocycles. The Labute approximate surface area is 191 Å². The SMILES string of the molecule is CCCC(=O)N1CCC(N2CCC(C(=O)N3CCN(c4ccccc4F)CC3)CC2)CC1. The third kappa shape index (κ3) is 5.25. The van der Waals surface area contributed by atoms with E-state index in [9.17, 15) is 14.0 Å². The Kier molecular flexibility index (Phi) is 7.66. The molecule has 2 amide bonds. The molecule has 0 saturated carbocycles. The fourth-order valence-electron chi connectivity index (χ4n) is 5.50. The Bertz CT molecular complexity index is 780. The molecule has 1 aromatic rings. The lowest BCUT2D eigenvalue weighted by atomic mass is 9.92. The van der Waals surface area contributed by atoms with Gasteiger partial charge in [0.15, 0.2) is 0 Å². The van der Waals surface area contributed by atoms with Crippen LogP contribution in [-0.2, 0) is 9.59 Å².